The Labute approximate surface area is 192 Å². The van der Waals surface area contributed by atoms with Crippen LogP contribution in [0.5, 0.6) is 0 Å². The van der Waals surface area contributed by atoms with Crippen LogP contribution in [0.3, 0.4) is 0 Å². The molecule has 3 nitrogen and oxygen atoms in total. The van der Waals surface area contributed by atoms with Crippen molar-refractivity contribution in [2.24, 2.45) is 5.50 Å². The summed E-state index contributed by atoms with van der Waals surface area (Å²) < 4.78 is 2.57. The quantitative estimate of drug-likeness (QED) is 0.301. The highest BCUT2D eigenvalue weighted by Crippen LogP contribution is 2.38. The van der Waals surface area contributed by atoms with Gasteiger partial charge in [0.25, 0.3) is 0 Å². The molecule has 1 atom stereocenters. The Kier molecular flexibility index (Phi) is 6.80. The second kappa shape index (κ2) is 10.1. The number of nitrogens with two attached hydrogens (primary N) is 1. The van der Waals surface area contributed by atoms with Crippen molar-refractivity contribution in [3.63, 3.8) is 0 Å². The lowest BCUT2D eigenvalue weighted by Gasteiger charge is -2.38. The van der Waals surface area contributed by atoms with Crippen molar-refractivity contribution in [1.29, 1.82) is 0 Å². The number of hydrogen-bond donors (Lipinski definition) is 2. The Morgan fingerprint density at radius 2 is 1.28 bits per heavy atom. The van der Waals surface area contributed by atoms with Gasteiger partial charge in [0.15, 0.2) is 0 Å². The van der Waals surface area contributed by atoms with Gasteiger partial charge in [-0.1, -0.05) is 104 Å². The molecule has 0 amide bonds. The first kappa shape index (κ1) is 21.6. The van der Waals surface area contributed by atoms with Gasteiger partial charge >= 0.3 is 0 Å². The first-order valence-electron chi connectivity index (χ1n) is 11.8. The fraction of sp³-hybridized carbons (Fsp3) is 0.286. The van der Waals surface area contributed by atoms with Gasteiger partial charge in [-0.2, -0.15) is 0 Å². The normalized spacial score (nSPS) is 16.1. The van der Waals surface area contributed by atoms with E-state index in [-0.39, 0.29) is 0 Å². The molecule has 0 saturated heterocycles. The molecule has 3 N–H and O–H groups in total. The van der Waals surface area contributed by atoms with Crippen LogP contribution in [0.2, 0.25) is 0 Å². The molecule has 4 heteroatoms. The topological polar surface area (TPSA) is 41.3 Å². The molecule has 0 spiro atoms. The Morgan fingerprint density at radius 3 is 1.97 bits per heavy atom. The molecular formula is C28H32N3P. The van der Waals surface area contributed by atoms with E-state index in [4.69, 9.17) is 5.50 Å². The molecule has 0 heterocycles. The van der Waals surface area contributed by atoms with Gasteiger partial charge in [-0.25, -0.2) is 0 Å². The van der Waals surface area contributed by atoms with Crippen molar-refractivity contribution in [1.82, 2.24) is 9.76 Å². The monoisotopic (exact) mass is 441 g/mol. The zero-order valence-electron chi connectivity index (χ0n) is 18.6. The first-order valence-corrected chi connectivity index (χ1v) is 13.1. The third-order valence-electron chi connectivity index (χ3n) is 6.80. The van der Waals surface area contributed by atoms with Crippen LogP contribution in [-0.2, 0) is 13.1 Å². The summed E-state index contributed by atoms with van der Waals surface area (Å²) in [5, 5.41) is 8.97. The van der Waals surface area contributed by atoms with Crippen molar-refractivity contribution >= 4 is 29.9 Å². The molecule has 0 aromatic heterocycles. The average Bonchev–Trinajstić information content (AvgIpc) is 2.86. The maximum absolute atomic E-state index is 6.91. The van der Waals surface area contributed by atoms with E-state index in [0.717, 1.165) is 13.1 Å². The minimum Gasteiger partial charge on any atom is -0.285 e. The minimum atomic E-state index is -0.942. The van der Waals surface area contributed by atoms with Crippen molar-refractivity contribution in [3.8, 4) is 0 Å². The molecule has 4 aromatic rings. The molecule has 164 valence electrons. The molecule has 1 unspecified atom stereocenters. The predicted molar refractivity (Wildman–Crippen MR) is 138 cm³/mol. The molecule has 0 bridgehead atoms. The van der Waals surface area contributed by atoms with Gasteiger partial charge in [0.05, 0.1) is 0 Å². The summed E-state index contributed by atoms with van der Waals surface area (Å²) in [5.74, 6) is 0. The molecular weight excluding hydrogens is 409 g/mol. The largest absolute Gasteiger partial charge is 0.285 e. The van der Waals surface area contributed by atoms with Crippen LogP contribution in [0.15, 0.2) is 84.9 Å². The van der Waals surface area contributed by atoms with Crippen LogP contribution in [-0.4, -0.2) is 10.7 Å². The summed E-state index contributed by atoms with van der Waals surface area (Å²) in [6.07, 6.45) is 6.46. The van der Waals surface area contributed by atoms with Crippen LogP contribution >= 0.6 is 8.37 Å². The molecule has 1 fully saturated rings. The lowest BCUT2D eigenvalue weighted by atomic mass is 9.95. The average molecular weight is 442 g/mol. The number of fused-ring (bicyclic) bond motifs is 2. The maximum Gasteiger partial charge on any atom is 0.112 e. The van der Waals surface area contributed by atoms with Gasteiger partial charge in [-0.15, -0.1) is 0 Å². The standard InChI is InChI=1S/C28H32N3P/c29-32(30-20-24-14-8-12-22-10-4-6-18-27(22)24)31(26-16-2-1-3-17-26)21-25-15-9-13-23-11-5-7-19-28(23)25/h4-15,18-19,26,30H,1-3,16-17,20-21,29H2. The van der Waals surface area contributed by atoms with Crippen molar-refractivity contribution < 1.29 is 0 Å². The fourth-order valence-electron chi connectivity index (χ4n) is 5.07. The van der Waals surface area contributed by atoms with Crippen LogP contribution in [0, 0.1) is 0 Å². The summed E-state index contributed by atoms with van der Waals surface area (Å²) in [6.45, 7) is 1.69. The highest BCUT2D eigenvalue weighted by molar-refractivity contribution is 7.50. The molecule has 32 heavy (non-hydrogen) atoms. The van der Waals surface area contributed by atoms with Crippen molar-refractivity contribution in [2.75, 3.05) is 0 Å². The Hall–Kier alpha value is -2.29. The lowest BCUT2D eigenvalue weighted by Crippen LogP contribution is -2.38. The second-order valence-electron chi connectivity index (χ2n) is 8.85. The number of nitrogens with one attached hydrogen (secondary N) is 1. The van der Waals surface area contributed by atoms with Crippen LogP contribution in [0.1, 0.15) is 43.2 Å². The first-order chi connectivity index (χ1) is 15.8. The summed E-state index contributed by atoms with van der Waals surface area (Å²) in [4.78, 5) is 0. The minimum absolute atomic E-state index is 0.554. The zero-order chi connectivity index (χ0) is 21.8. The summed E-state index contributed by atoms with van der Waals surface area (Å²) >= 11 is 0. The number of rotatable bonds is 7. The van der Waals surface area contributed by atoms with E-state index >= 15 is 0 Å². The second-order valence-corrected chi connectivity index (χ2v) is 10.4. The number of nitrogens with zero attached hydrogens (tertiary/aromatic N) is 1. The highest BCUT2D eigenvalue weighted by atomic mass is 31.1. The van der Waals surface area contributed by atoms with Crippen LogP contribution in [0.25, 0.3) is 21.5 Å². The molecule has 1 saturated carbocycles. The van der Waals surface area contributed by atoms with Crippen LogP contribution in [0.4, 0.5) is 0 Å². The van der Waals surface area contributed by atoms with E-state index in [1.54, 1.807) is 0 Å². The molecule has 0 radical (unpaired) electrons. The van der Waals surface area contributed by atoms with Crippen molar-refractivity contribution in [3.05, 3.63) is 96.1 Å². The number of benzene rings is 4. The summed E-state index contributed by atoms with van der Waals surface area (Å²) in [7, 11) is -0.942. The van der Waals surface area contributed by atoms with Gasteiger partial charge in [-0.05, 0) is 45.5 Å². The third kappa shape index (κ3) is 4.72. The summed E-state index contributed by atoms with van der Waals surface area (Å²) in [6, 6.07) is 31.1. The SMILES string of the molecule is NP(NCc1cccc2ccccc12)N(Cc1cccc2ccccc12)C1CCCCC1. The fourth-order valence-corrected chi connectivity index (χ4v) is 6.47. The molecule has 1 aliphatic carbocycles. The predicted octanol–water partition coefficient (Wildman–Crippen LogP) is 7.10. The van der Waals surface area contributed by atoms with E-state index in [2.05, 4.69) is 94.7 Å². The molecule has 4 aromatic carbocycles. The van der Waals surface area contributed by atoms with E-state index in [1.165, 1.54) is 64.8 Å². The Bertz CT molecular complexity index is 1170. The van der Waals surface area contributed by atoms with E-state index in [9.17, 15) is 0 Å². The Balaban J connectivity index is 1.38. The van der Waals surface area contributed by atoms with Crippen LogP contribution < -0.4 is 10.6 Å². The van der Waals surface area contributed by atoms with E-state index in [0.29, 0.717) is 6.04 Å². The maximum atomic E-state index is 6.91. The third-order valence-corrected chi connectivity index (χ3v) is 8.30. The van der Waals surface area contributed by atoms with Gasteiger partial charge in [0.1, 0.15) is 8.37 Å². The van der Waals surface area contributed by atoms with Gasteiger partial charge in [0.2, 0.25) is 0 Å². The van der Waals surface area contributed by atoms with Gasteiger partial charge in [-0.3, -0.25) is 15.3 Å². The van der Waals surface area contributed by atoms with Gasteiger partial charge in [0, 0.05) is 19.1 Å². The van der Waals surface area contributed by atoms with Crippen molar-refractivity contribution in [2.45, 2.75) is 51.2 Å². The number of hydrogen-bond acceptors (Lipinski definition) is 3. The van der Waals surface area contributed by atoms with Gasteiger partial charge < -0.3 is 0 Å². The van der Waals surface area contributed by atoms with E-state index < -0.39 is 8.37 Å². The smallest absolute Gasteiger partial charge is 0.112 e. The molecule has 5 rings (SSSR count). The Morgan fingerprint density at radius 1 is 0.719 bits per heavy atom. The molecule has 0 aliphatic heterocycles. The van der Waals surface area contributed by atoms with E-state index in [1.807, 2.05) is 0 Å². The lowest BCUT2D eigenvalue weighted by molar-refractivity contribution is 0.257. The zero-order valence-corrected chi connectivity index (χ0v) is 19.5. The molecule has 1 aliphatic rings. The highest BCUT2D eigenvalue weighted by Gasteiger charge is 2.26. The summed E-state index contributed by atoms with van der Waals surface area (Å²) in [5.41, 5.74) is 9.60.